The molecule has 1 N–H and O–H groups in total. The highest BCUT2D eigenvalue weighted by Crippen LogP contribution is 2.32. The number of amides is 1. The Hall–Kier alpha value is -3.31. The highest BCUT2D eigenvalue weighted by Gasteiger charge is 2.18. The smallest absolute Gasteiger partial charge is 0.251 e. The molecule has 5 heteroatoms. The quantitative estimate of drug-likeness (QED) is 0.331. The van der Waals surface area contributed by atoms with E-state index in [1.807, 2.05) is 25.1 Å². The van der Waals surface area contributed by atoms with Crippen LogP contribution in [0.25, 0.3) is 17.2 Å². The predicted molar refractivity (Wildman–Crippen MR) is 141 cm³/mol. The van der Waals surface area contributed by atoms with Gasteiger partial charge in [-0.2, -0.15) is 0 Å². The van der Waals surface area contributed by atoms with E-state index in [-0.39, 0.29) is 5.91 Å². The van der Waals surface area contributed by atoms with Gasteiger partial charge in [0.1, 0.15) is 12.4 Å². The number of nitrogens with zero attached hydrogens (tertiary/aromatic N) is 1. The average Bonchev–Trinajstić information content (AvgIpc) is 3.00. The summed E-state index contributed by atoms with van der Waals surface area (Å²) in [5.74, 6) is 0.765. The second-order valence-electron chi connectivity index (χ2n) is 8.49. The van der Waals surface area contributed by atoms with Gasteiger partial charge in [0.2, 0.25) is 0 Å². The molecule has 2 aromatic rings. The third-order valence-corrected chi connectivity index (χ3v) is 5.78. The lowest BCUT2D eigenvalue weighted by molar-refractivity contribution is -0.116. The third-order valence-electron chi connectivity index (χ3n) is 5.78. The molecule has 0 atom stereocenters. The van der Waals surface area contributed by atoms with Crippen LogP contribution < -0.4 is 15.0 Å². The molecule has 0 fully saturated rings. The summed E-state index contributed by atoms with van der Waals surface area (Å²) in [6.45, 7) is 10.4. The molecule has 0 saturated carbocycles. The van der Waals surface area contributed by atoms with E-state index < -0.39 is 0 Å². The van der Waals surface area contributed by atoms with E-state index in [4.69, 9.17) is 9.47 Å². The highest BCUT2D eigenvalue weighted by molar-refractivity contribution is 6.00. The number of hydrogen-bond acceptors (Lipinski definition) is 4. The van der Waals surface area contributed by atoms with E-state index in [0.717, 1.165) is 65.4 Å². The molecule has 0 saturated heterocycles. The molecule has 0 aliphatic carbocycles. The van der Waals surface area contributed by atoms with Crippen molar-refractivity contribution in [3.8, 4) is 16.9 Å². The van der Waals surface area contributed by atoms with Crippen LogP contribution in [0.15, 0.2) is 72.5 Å². The van der Waals surface area contributed by atoms with Crippen molar-refractivity contribution >= 4 is 17.7 Å². The zero-order valence-corrected chi connectivity index (χ0v) is 20.6. The van der Waals surface area contributed by atoms with E-state index in [0.29, 0.717) is 19.6 Å². The highest BCUT2D eigenvalue weighted by atomic mass is 16.5. The normalized spacial score (nSPS) is 13.6. The van der Waals surface area contributed by atoms with Crippen molar-refractivity contribution in [2.75, 3.05) is 38.3 Å². The van der Waals surface area contributed by atoms with Gasteiger partial charge < -0.3 is 19.7 Å². The van der Waals surface area contributed by atoms with Crippen molar-refractivity contribution in [2.45, 2.75) is 33.1 Å². The van der Waals surface area contributed by atoms with E-state index in [2.05, 4.69) is 61.1 Å². The summed E-state index contributed by atoms with van der Waals surface area (Å²) >= 11 is 0. The number of unbranched alkanes of at least 4 members (excludes halogenated alkanes) is 1. The van der Waals surface area contributed by atoms with Gasteiger partial charge >= 0.3 is 0 Å². The van der Waals surface area contributed by atoms with E-state index in [1.165, 1.54) is 0 Å². The minimum absolute atomic E-state index is 0.0672. The Balaban J connectivity index is 1.73. The molecule has 1 aliphatic heterocycles. The van der Waals surface area contributed by atoms with Gasteiger partial charge in [0.25, 0.3) is 5.91 Å². The lowest BCUT2D eigenvalue weighted by Gasteiger charge is -2.20. The SMILES string of the molecule is C=C/C=C(\C)NC(=O)C1=Cc2cc(-c3ccc(OCCOCCCC)cc3)ccc2N(C)CC1. The first-order valence-corrected chi connectivity index (χ1v) is 12.0. The molecule has 0 unspecified atom stereocenters. The number of benzene rings is 2. The summed E-state index contributed by atoms with van der Waals surface area (Å²) in [5, 5.41) is 2.95. The molecular formula is C29H36N2O3. The van der Waals surface area contributed by atoms with Crippen molar-refractivity contribution in [3.05, 3.63) is 78.0 Å². The minimum Gasteiger partial charge on any atom is -0.491 e. The van der Waals surface area contributed by atoms with Gasteiger partial charge in [-0.05, 0) is 72.9 Å². The minimum atomic E-state index is -0.0672. The van der Waals surface area contributed by atoms with E-state index >= 15 is 0 Å². The fourth-order valence-electron chi connectivity index (χ4n) is 3.83. The van der Waals surface area contributed by atoms with Crippen molar-refractivity contribution in [2.24, 2.45) is 0 Å². The molecule has 180 valence electrons. The number of carbonyl (C=O) groups excluding carboxylic acids is 1. The number of allylic oxidation sites excluding steroid dienone is 3. The van der Waals surface area contributed by atoms with Gasteiger partial charge in [-0.15, -0.1) is 0 Å². The molecule has 3 rings (SSSR count). The predicted octanol–water partition coefficient (Wildman–Crippen LogP) is 5.98. The molecule has 34 heavy (non-hydrogen) atoms. The molecule has 0 radical (unpaired) electrons. The van der Waals surface area contributed by atoms with Crippen LogP contribution in [0.3, 0.4) is 0 Å². The third kappa shape index (κ3) is 7.09. The number of carbonyl (C=O) groups is 1. The fourth-order valence-corrected chi connectivity index (χ4v) is 3.83. The molecule has 2 aromatic carbocycles. The first-order chi connectivity index (χ1) is 16.5. The van der Waals surface area contributed by atoms with Gasteiger partial charge in [0.15, 0.2) is 0 Å². The Kier molecular flexibility index (Phi) is 9.53. The van der Waals surface area contributed by atoms with Crippen LogP contribution >= 0.6 is 0 Å². The maximum absolute atomic E-state index is 12.8. The number of ether oxygens (including phenoxy) is 2. The van der Waals surface area contributed by atoms with Crippen molar-refractivity contribution in [1.29, 1.82) is 0 Å². The van der Waals surface area contributed by atoms with Crippen LogP contribution in [-0.2, 0) is 9.53 Å². The number of fused-ring (bicyclic) bond motifs is 1. The van der Waals surface area contributed by atoms with Crippen LogP contribution in [0, 0.1) is 0 Å². The summed E-state index contributed by atoms with van der Waals surface area (Å²) < 4.78 is 11.3. The molecule has 5 nitrogen and oxygen atoms in total. The summed E-state index contributed by atoms with van der Waals surface area (Å²) in [6, 6.07) is 14.5. The molecule has 0 bridgehead atoms. The second-order valence-corrected chi connectivity index (χ2v) is 8.49. The van der Waals surface area contributed by atoms with Gasteiger partial charge in [-0.25, -0.2) is 0 Å². The van der Waals surface area contributed by atoms with Crippen molar-refractivity contribution < 1.29 is 14.3 Å². The number of anilines is 1. The fraction of sp³-hybridized carbons (Fsp3) is 0.345. The summed E-state index contributed by atoms with van der Waals surface area (Å²) in [6.07, 6.45) is 8.37. The number of nitrogens with one attached hydrogen (secondary N) is 1. The summed E-state index contributed by atoms with van der Waals surface area (Å²) in [5.41, 5.74) is 5.91. The van der Waals surface area contributed by atoms with Crippen LogP contribution in [0.2, 0.25) is 0 Å². The summed E-state index contributed by atoms with van der Waals surface area (Å²) in [7, 11) is 2.06. The Labute approximate surface area is 203 Å². The lowest BCUT2D eigenvalue weighted by Crippen LogP contribution is -2.25. The van der Waals surface area contributed by atoms with Crippen LogP contribution in [0.1, 0.15) is 38.7 Å². The monoisotopic (exact) mass is 460 g/mol. The zero-order valence-electron chi connectivity index (χ0n) is 20.6. The molecule has 0 spiro atoms. The lowest BCUT2D eigenvalue weighted by atomic mass is 10.00. The molecule has 0 aromatic heterocycles. The number of rotatable bonds is 11. The van der Waals surface area contributed by atoms with Gasteiger partial charge in [0, 0.05) is 37.2 Å². The Morgan fingerprint density at radius 1 is 1.12 bits per heavy atom. The van der Waals surface area contributed by atoms with Gasteiger partial charge in [-0.3, -0.25) is 4.79 Å². The van der Waals surface area contributed by atoms with E-state index in [9.17, 15) is 4.79 Å². The van der Waals surface area contributed by atoms with Gasteiger partial charge in [0.05, 0.1) is 6.61 Å². The standard InChI is InChI=1S/C29H36N2O3/c1-5-7-17-33-18-19-34-27-12-9-23(10-13-27)24-11-14-28-26(20-24)21-25(15-16-31(28)4)29(32)30-22(3)8-6-2/h6,8-14,20-21H,2,5,7,15-19H2,1,3-4H3,(H,30,32)/b22-8+. The zero-order chi connectivity index (χ0) is 24.3. The Morgan fingerprint density at radius 2 is 1.88 bits per heavy atom. The first kappa shape index (κ1) is 25.3. The maximum atomic E-state index is 12.8. The van der Waals surface area contributed by atoms with E-state index in [1.54, 1.807) is 12.2 Å². The molecule has 1 aliphatic rings. The first-order valence-electron chi connectivity index (χ1n) is 12.0. The van der Waals surface area contributed by atoms with Crippen LogP contribution in [0.5, 0.6) is 5.75 Å². The molecular weight excluding hydrogens is 424 g/mol. The molecule has 1 amide bonds. The largest absolute Gasteiger partial charge is 0.491 e. The Bertz CT molecular complexity index is 1040. The van der Waals surface area contributed by atoms with Crippen LogP contribution in [0.4, 0.5) is 5.69 Å². The maximum Gasteiger partial charge on any atom is 0.251 e. The topological polar surface area (TPSA) is 50.8 Å². The average molecular weight is 461 g/mol. The summed E-state index contributed by atoms with van der Waals surface area (Å²) in [4.78, 5) is 15.0. The van der Waals surface area contributed by atoms with Gasteiger partial charge in [-0.1, -0.05) is 44.2 Å². The van der Waals surface area contributed by atoms with Crippen molar-refractivity contribution in [3.63, 3.8) is 0 Å². The number of hydrogen-bond donors (Lipinski definition) is 1. The second kappa shape index (κ2) is 12.8. The van der Waals surface area contributed by atoms with Crippen LogP contribution in [-0.4, -0.2) is 39.3 Å². The molecule has 1 heterocycles. The van der Waals surface area contributed by atoms with Crippen molar-refractivity contribution in [1.82, 2.24) is 5.32 Å². The Morgan fingerprint density at radius 3 is 2.62 bits per heavy atom.